The Hall–Kier alpha value is -1.03. The van der Waals surface area contributed by atoms with Gasteiger partial charge in [-0.1, -0.05) is 35.0 Å². The number of aryl methyl sites for hydroxylation is 2. The van der Waals surface area contributed by atoms with Crippen LogP contribution in [0.2, 0.25) is 10.0 Å². The van der Waals surface area contributed by atoms with Gasteiger partial charge in [-0.25, -0.2) is 0 Å². The third-order valence-electron chi connectivity index (χ3n) is 3.41. The largest absolute Gasteiger partial charge is 0.507 e. The number of hydrogen-bond acceptors (Lipinski definition) is 3. The molecular formula is C16H16Cl2O2S. The first-order chi connectivity index (χ1) is 9.73. The van der Waals surface area contributed by atoms with Crippen LogP contribution in [0.15, 0.2) is 21.9 Å². The third-order valence-corrected chi connectivity index (χ3v) is 6.01. The highest BCUT2D eigenvalue weighted by Crippen LogP contribution is 2.46. The molecule has 2 rings (SSSR count). The van der Waals surface area contributed by atoms with Crippen molar-refractivity contribution in [1.82, 2.24) is 0 Å². The maximum Gasteiger partial charge on any atom is 0.130 e. The standard InChI is InChI=1S/C16H16Cl2O2S/c1-7-5-11(19)15(9(3)13(7)17)21-16-10(4)14(18)8(2)6-12(16)20/h5-6,19-20H,1-4H3. The predicted octanol–water partition coefficient (Wildman–Crippen LogP) is 5.79. The second-order valence-electron chi connectivity index (χ2n) is 5.06. The van der Waals surface area contributed by atoms with Crippen molar-refractivity contribution in [3.63, 3.8) is 0 Å². The minimum Gasteiger partial charge on any atom is -0.507 e. The minimum absolute atomic E-state index is 0.148. The van der Waals surface area contributed by atoms with Crippen LogP contribution in [-0.2, 0) is 0 Å². The zero-order chi connectivity index (χ0) is 15.9. The average Bonchev–Trinajstić information content (AvgIpc) is 2.42. The smallest absolute Gasteiger partial charge is 0.130 e. The number of rotatable bonds is 2. The quantitative estimate of drug-likeness (QED) is 0.725. The summed E-state index contributed by atoms with van der Waals surface area (Å²) in [5, 5.41) is 21.6. The first kappa shape index (κ1) is 16.3. The molecule has 0 aliphatic heterocycles. The van der Waals surface area contributed by atoms with Gasteiger partial charge in [0.15, 0.2) is 0 Å². The maximum atomic E-state index is 10.2. The summed E-state index contributed by atoms with van der Waals surface area (Å²) in [5.41, 5.74) is 3.21. The topological polar surface area (TPSA) is 40.5 Å². The van der Waals surface area contributed by atoms with Crippen LogP contribution in [0.1, 0.15) is 22.3 Å². The molecule has 2 nitrogen and oxygen atoms in total. The number of halogens is 2. The van der Waals surface area contributed by atoms with Gasteiger partial charge in [0.1, 0.15) is 11.5 Å². The van der Waals surface area contributed by atoms with E-state index in [1.165, 1.54) is 11.8 Å². The molecule has 2 aromatic carbocycles. The fraction of sp³-hybridized carbons (Fsp3) is 0.250. The SMILES string of the molecule is Cc1cc(O)c(Sc2c(O)cc(C)c(Cl)c2C)c(C)c1Cl. The molecule has 5 heteroatoms. The molecule has 0 saturated carbocycles. The van der Waals surface area contributed by atoms with E-state index in [-0.39, 0.29) is 11.5 Å². The number of phenolic OH excluding ortho intramolecular Hbond substituents is 2. The van der Waals surface area contributed by atoms with Crippen LogP contribution in [0.5, 0.6) is 11.5 Å². The molecule has 112 valence electrons. The van der Waals surface area contributed by atoms with Crippen LogP contribution >= 0.6 is 35.0 Å². The second kappa shape index (κ2) is 5.99. The van der Waals surface area contributed by atoms with Crippen LogP contribution in [0, 0.1) is 27.7 Å². The van der Waals surface area contributed by atoms with Gasteiger partial charge < -0.3 is 10.2 Å². The molecule has 0 aromatic heterocycles. The van der Waals surface area contributed by atoms with Crippen molar-refractivity contribution >= 4 is 35.0 Å². The summed E-state index contributed by atoms with van der Waals surface area (Å²) in [7, 11) is 0. The molecule has 0 spiro atoms. The van der Waals surface area contributed by atoms with Crippen molar-refractivity contribution in [1.29, 1.82) is 0 Å². The van der Waals surface area contributed by atoms with Gasteiger partial charge in [0.05, 0.1) is 9.79 Å². The van der Waals surface area contributed by atoms with Gasteiger partial charge in [-0.05, 0) is 62.1 Å². The highest BCUT2D eigenvalue weighted by molar-refractivity contribution is 7.99. The first-order valence-electron chi connectivity index (χ1n) is 6.39. The van der Waals surface area contributed by atoms with Crippen molar-refractivity contribution in [2.24, 2.45) is 0 Å². The van der Waals surface area contributed by atoms with E-state index in [0.717, 1.165) is 22.3 Å². The maximum absolute atomic E-state index is 10.2. The molecule has 0 amide bonds. The summed E-state index contributed by atoms with van der Waals surface area (Å²) in [6, 6.07) is 3.25. The monoisotopic (exact) mass is 342 g/mol. The van der Waals surface area contributed by atoms with E-state index >= 15 is 0 Å². The molecule has 0 aliphatic rings. The van der Waals surface area contributed by atoms with E-state index in [1.807, 2.05) is 27.7 Å². The molecule has 0 unspecified atom stereocenters. The minimum atomic E-state index is 0.148. The summed E-state index contributed by atoms with van der Waals surface area (Å²) in [4.78, 5) is 1.26. The summed E-state index contributed by atoms with van der Waals surface area (Å²) in [5.74, 6) is 0.296. The Kier molecular flexibility index (Phi) is 4.66. The van der Waals surface area contributed by atoms with Crippen LogP contribution in [0.4, 0.5) is 0 Å². The van der Waals surface area contributed by atoms with Crippen molar-refractivity contribution < 1.29 is 10.2 Å². The fourth-order valence-corrected chi connectivity index (χ4v) is 3.65. The van der Waals surface area contributed by atoms with E-state index in [9.17, 15) is 10.2 Å². The lowest BCUT2D eigenvalue weighted by molar-refractivity contribution is 0.458. The zero-order valence-corrected chi connectivity index (χ0v) is 14.5. The number of benzene rings is 2. The normalized spacial score (nSPS) is 11.0. The molecule has 0 aliphatic carbocycles. The van der Waals surface area contributed by atoms with Crippen molar-refractivity contribution in [3.05, 3.63) is 44.4 Å². The Bertz CT molecular complexity index is 666. The Morgan fingerprint density at radius 2 is 1.10 bits per heavy atom. The summed E-state index contributed by atoms with van der Waals surface area (Å²) < 4.78 is 0. The van der Waals surface area contributed by atoms with Gasteiger partial charge in [-0.2, -0.15) is 0 Å². The Labute approximate surface area is 138 Å². The van der Waals surface area contributed by atoms with Crippen molar-refractivity contribution in [2.45, 2.75) is 37.5 Å². The van der Waals surface area contributed by atoms with Gasteiger partial charge in [-0.15, -0.1) is 0 Å². The molecule has 2 aromatic rings. The summed E-state index contributed by atoms with van der Waals surface area (Å²) in [6.07, 6.45) is 0. The zero-order valence-electron chi connectivity index (χ0n) is 12.2. The molecule has 21 heavy (non-hydrogen) atoms. The molecule has 0 bridgehead atoms. The molecule has 0 saturated heterocycles. The Balaban J connectivity index is 2.59. The van der Waals surface area contributed by atoms with E-state index in [4.69, 9.17) is 23.2 Å². The van der Waals surface area contributed by atoms with Gasteiger partial charge in [0, 0.05) is 10.0 Å². The second-order valence-corrected chi connectivity index (χ2v) is 6.84. The summed E-state index contributed by atoms with van der Waals surface area (Å²) >= 11 is 13.8. The molecule has 0 fully saturated rings. The first-order valence-corrected chi connectivity index (χ1v) is 7.96. The molecular weight excluding hydrogens is 327 g/mol. The predicted molar refractivity (Wildman–Crippen MR) is 89.3 cm³/mol. The van der Waals surface area contributed by atoms with Crippen LogP contribution < -0.4 is 0 Å². The van der Waals surface area contributed by atoms with Gasteiger partial charge in [0.25, 0.3) is 0 Å². The molecule has 0 atom stereocenters. The van der Waals surface area contributed by atoms with E-state index in [0.29, 0.717) is 19.8 Å². The molecule has 0 radical (unpaired) electrons. The lowest BCUT2D eigenvalue weighted by Gasteiger charge is -2.15. The fourth-order valence-electron chi connectivity index (χ4n) is 2.20. The number of phenols is 2. The van der Waals surface area contributed by atoms with Crippen LogP contribution in [0.25, 0.3) is 0 Å². The summed E-state index contributed by atoms with van der Waals surface area (Å²) in [6.45, 7) is 7.38. The number of hydrogen-bond donors (Lipinski definition) is 2. The molecule has 0 heterocycles. The van der Waals surface area contributed by atoms with Gasteiger partial charge in [-0.3, -0.25) is 0 Å². The van der Waals surface area contributed by atoms with E-state index < -0.39 is 0 Å². The molecule has 2 N–H and O–H groups in total. The van der Waals surface area contributed by atoms with Gasteiger partial charge in [0.2, 0.25) is 0 Å². The van der Waals surface area contributed by atoms with Crippen molar-refractivity contribution in [3.8, 4) is 11.5 Å². The van der Waals surface area contributed by atoms with E-state index in [1.54, 1.807) is 12.1 Å². The third kappa shape index (κ3) is 2.96. The highest BCUT2D eigenvalue weighted by Gasteiger charge is 2.18. The Morgan fingerprint density at radius 1 is 0.762 bits per heavy atom. The van der Waals surface area contributed by atoms with Crippen LogP contribution in [-0.4, -0.2) is 10.2 Å². The highest BCUT2D eigenvalue weighted by atomic mass is 35.5. The van der Waals surface area contributed by atoms with Gasteiger partial charge >= 0.3 is 0 Å². The lowest BCUT2D eigenvalue weighted by atomic mass is 10.1. The lowest BCUT2D eigenvalue weighted by Crippen LogP contribution is -1.91. The number of aromatic hydroxyl groups is 2. The Morgan fingerprint density at radius 3 is 1.43 bits per heavy atom. The van der Waals surface area contributed by atoms with E-state index in [2.05, 4.69) is 0 Å². The van der Waals surface area contributed by atoms with Crippen LogP contribution in [0.3, 0.4) is 0 Å². The average molecular weight is 343 g/mol. The van der Waals surface area contributed by atoms with Crippen molar-refractivity contribution in [2.75, 3.05) is 0 Å².